The van der Waals surface area contributed by atoms with Crippen LogP contribution in [0.1, 0.15) is 17.0 Å². The van der Waals surface area contributed by atoms with E-state index in [1.807, 2.05) is 22.8 Å². The molecule has 0 atom stereocenters. The lowest BCUT2D eigenvalue weighted by molar-refractivity contribution is 0.175. The normalized spacial score (nSPS) is 10.8. The number of hydrogen-bond donors (Lipinski definition) is 0. The van der Waals surface area contributed by atoms with Gasteiger partial charge in [-0.15, -0.1) is 0 Å². The highest BCUT2D eigenvalue weighted by molar-refractivity contribution is 6.31. The van der Waals surface area contributed by atoms with Crippen molar-refractivity contribution in [3.05, 3.63) is 58.5 Å². The molecule has 0 bridgehead atoms. The van der Waals surface area contributed by atoms with E-state index in [-0.39, 0.29) is 0 Å². The third-order valence-electron chi connectivity index (χ3n) is 3.37. The molecule has 5 nitrogen and oxygen atoms in total. The second-order valence-electron chi connectivity index (χ2n) is 4.81. The average Bonchev–Trinajstić information content (AvgIpc) is 2.85. The van der Waals surface area contributed by atoms with E-state index in [1.54, 1.807) is 25.4 Å². The van der Waals surface area contributed by atoms with E-state index in [0.29, 0.717) is 29.3 Å². The van der Waals surface area contributed by atoms with Gasteiger partial charge in [0.15, 0.2) is 5.65 Å². The highest BCUT2D eigenvalue weighted by Crippen LogP contribution is 2.21. The SMILES string of the molecule is COCc1nc2cc(Cl)cnc2n1Cc1ccccc1C#N. The first kappa shape index (κ1) is 14.5. The van der Waals surface area contributed by atoms with Crippen molar-refractivity contribution in [3.63, 3.8) is 0 Å². The van der Waals surface area contributed by atoms with Gasteiger partial charge < -0.3 is 9.30 Å². The van der Waals surface area contributed by atoms with Gasteiger partial charge in [-0.2, -0.15) is 5.26 Å². The number of nitriles is 1. The molecule has 0 saturated carbocycles. The lowest BCUT2D eigenvalue weighted by atomic mass is 10.1. The highest BCUT2D eigenvalue weighted by Gasteiger charge is 2.14. The van der Waals surface area contributed by atoms with Crippen LogP contribution in [-0.4, -0.2) is 21.6 Å². The Morgan fingerprint density at radius 1 is 1.36 bits per heavy atom. The van der Waals surface area contributed by atoms with Crippen molar-refractivity contribution < 1.29 is 4.74 Å². The monoisotopic (exact) mass is 312 g/mol. The van der Waals surface area contributed by atoms with Crippen LogP contribution in [0.25, 0.3) is 11.2 Å². The number of ether oxygens (including phenoxy) is 1. The van der Waals surface area contributed by atoms with Crippen molar-refractivity contribution >= 4 is 22.8 Å². The van der Waals surface area contributed by atoms with E-state index in [1.165, 1.54) is 0 Å². The number of imidazole rings is 1. The minimum absolute atomic E-state index is 0.364. The first-order valence-corrected chi connectivity index (χ1v) is 7.08. The molecule has 0 amide bonds. The molecular formula is C16H13ClN4O. The van der Waals surface area contributed by atoms with E-state index in [0.717, 1.165) is 17.0 Å². The molecule has 0 radical (unpaired) electrons. The molecule has 0 aliphatic rings. The summed E-state index contributed by atoms with van der Waals surface area (Å²) >= 11 is 5.98. The van der Waals surface area contributed by atoms with Gasteiger partial charge in [-0.3, -0.25) is 0 Å². The number of pyridine rings is 1. The summed E-state index contributed by atoms with van der Waals surface area (Å²) in [6, 6.07) is 11.5. The van der Waals surface area contributed by atoms with Crippen LogP contribution in [0, 0.1) is 11.3 Å². The van der Waals surface area contributed by atoms with Gasteiger partial charge >= 0.3 is 0 Å². The number of aromatic nitrogens is 3. The Bertz CT molecular complexity index is 866. The Hall–Kier alpha value is -2.42. The molecule has 0 aliphatic heterocycles. The Morgan fingerprint density at radius 2 is 2.18 bits per heavy atom. The molecule has 110 valence electrons. The molecule has 3 rings (SSSR count). The van der Waals surface area contributed by atoms with Crippen LogP contribution in [0.5, 0.6) is 0 Å². The van der Waals surface area contributed by atoms with Gasteiger partial charge in [0.05, 0.1) is 23.2 Å². The standard InChI is InChI=1S/C16H13ClN4O/c1-22-10-15-20-14-6-13(17)8-19-16(14)21(15)9-12-5-3-2-4-11(12)7-18/h2-6,8H,9-10H2,1H3. The van der Waals surface area contributed by atoms with E-state index in [2.05, 4.69) is 16.0 Å². The molecule has 1 aromatic carbocycles. The molecule has 0 aliphatic carbocycles. The largest absolute Gasteiger partial charge is 0.377 e. The lowest BCUT2D eigenvalue weighted by Gasteiger charge is -2.09. The Morgan fingerprint density at radius 3 is 2.95 bits per heavy atom. The summed E-state index contributed by atoms with van der Waals surface area (Å²) in [5.74, 6) is 0.750. The summed E-state index contributed by atoms with van der Waals surface area (Å²) in [6.07, 6.45) is 1.59. The maximum absolute atomic E-state index is 9.24. The number of fused-ring (bicyclic) bond motifs is 1. The molecule has 0 fully saturated rings. The van der Waals surface area contributed by atoms with Crippen molar-refractivity contribution in [1.82, 2.24) is 14.5 Å². The van der Waals surface area contributed by atoms with Crippen molar-refractivity contribution in [3.8, 4) is 6.07 Å². The number of nitrogens with zero attached hydrogens (tertiary/aromatic N) is 4. The van der Waals surface area contributed by atoms with Gasteiger partial charge in [0, 0.05) is 13.3 Å². The Labute approximate surface area is 132 Å². The smallest absolute Gasteiger partial charge is 0.160 e. The summed E-state index contributed by atoms with van der Waals surface area (Å²) in [6.45, 7) is 0.871. The maximum atomic E-state index is 9.24. The quantitative estimate of drug-likeness (QED) is 0.742. The minimum atomic E-state index is 0.364. The molecule has 3 aromatic rings. The summed E-state index contributed by atoms with van der Waals surface area (Å²) < 4.78 is 7.16. The lowest BCUT2D eigenvalue weighted by Crippen LogP contribution is -2.08. The van der Waals surface area contributed by atoms with E-state index in [9.17, 15) is 5.26 Å². The molecule has 0 unspecified atom stereocenters. The van der Waals surface area contributed by atoms with E-state index in [4.69, 9.17) is 16.3 Å². The van der Waals surface area contributed by atoms with Gasteiger partial charge in [0.2, 0.25) is 0 Å². The topological polar surface area (TPSA) is 63.7 Å². The predicted octanol–water partition coefficient (Wildman–Crippen LogP) is 3.15. The Kier molecular flexibility index (Phi) is 4.05. The summed E-state index contributed by atoms with van der Waals surface area (Å²) in [4.78, 5) is 8.89. The third-order valence-corrected chi connectivity index (χ3v) is 3.58. The molecule has 0 saturated heterocycles. The fraction of sp³-hybridized carbons (Fsp3) is 0.188. The number of halogens is 1. The van der Waals surface area contributed by atoms with Crippen molar-refractivity contribution in [2.24, 2.45) is 0 Å². The molecule has 0 spiro atoms. The van der Waals surface area contributed by atoms with Crippen LogP contribution in [0.15, 0.2) is 36.5 Å². The number of methoxy groups -OCH3 is 1. The second kappa shape index (κ2) is 6.14. The predicted molar refractivity (Wildman–Crippen MR) is 83.5 cm³/mol. The zero-order chi connectivity index (χ0) is 15.5. The molecule has 2 aromatic heterocycles. The summed E-state index contributed by atoms with van der Waals surface area (Å²) in [5.41, 5.74) is 3.00. The van der Waals surface area contributed by atoms with Crippen LogP contribution in [0.2, 0.25) is 5.02 Å². The van der Waals surface area contributed by atoms with Crippen molar-refractivity contribution in [2.75, 3.05) is 7.11 Å². The van der Waals surface area contributed by atoms with Gasteiger partial charge in [0.25, 0.3) is 0 Å². The van der Waals surface area contributed by atoms with Crippen LogP contribution in [0.3, 0.4) is 0 Å². The van der Waals surface area contributed by atoms with Gasteiger partial charge in [-0.05, 0) is 17.7 Å². The van der Waals surface area contributed by atoms with Crippen molar-refractivity contribution in [1.29, 1.82) is 5.26 Å². The fourth-order valence-corrected chi connectivity index (χ4v) is 2.53. The number of hydrogen-bond acceptors (Lipinski definition) is 4. The minimum Gasteiger partial charge on any atom is -0.377 e. The number of benzene rings is 1. The molecule has 6 heteroatoms. The third kappa shape index (κ3) is 2.67. The highest BCUT2D eigenvalue weighted by atomic mass is 35.5. The number of rotatable bonds is 4. The Balaban J connectivity index is 2.12. The zero-order valence-corrected chi connectivity index (χ0v) is 12.7. The fourth-order valence-electron chi connectivity index (χ4n) is 2.38. The first-order valence-electron chi connectivity index (χ1n) is 6.70. The van der Waals surface area contributed by atoms with Crippen molar-refractivity contribution in [2.45, 2.75) is 13.2 Å². The first-order chi connectivity index (χ1) is 10.7. The molecule has 22 heavy (non-hydrogen) atoms. The van der Waals surface area contributed by atoms with Crippen LogP contribution in [-0.2, 0) is 17.9 Å². The zero-order valence-electron chi connectivity index (χ0n) is 12.0. The average molecular weight is 313 g/mol. The van der Waals surface area contributed by atoms with E-state index >= 15 is 0 Å². The van der Waals surface area contributed by atoms with Crippen LogP contribution >= 0.6 is 11.6 Å². The second-order valence-corrected chi connectivity index (χ2v) is 5.25. The summed E-state index contributed by atoms with van der Waals surface area (Å²) in [5, 5.41) is 9.78. The molecular weight excluding hydrogens is 300 g/mol. The molecule has 0 N–H and O–H groups in total. The maximum Gasteiger partial charge on any atom is 0.160 e. The summed E-state index contributed by atoms with van der Waals surface area (Å²) in [7, 11) is 1.62. The van der Waals surface area contributed by atoms with Gasteiger partial charge in [-0.1, -0.05) is 29.8 Å². The molecule has 2 heterocycles. The van der Waals surface area contributed by atoms with Crippen LogP contribution < -0.4 is 0 Å². The van der Waals surface area contributed by atoms with Gasteiger partial charge in [0.1, 0.15) is 17.9 Å². The van der Waals surface area contributed by atoms with Crippen LogP contribution in [0.4, 0.5) is 0 Å². The van der Waals surface area contributed by atoms with E-state index < -0.39 is 0 Å². The van der Waals surface area contributed by atoms with Gasteiger partial charge in [-0.25, -0.2) is 9.97 Å².